The van der Waals surface area contributed by atoms with Crippen LogP contribution in [0, 0.1) is 5.82 Å². The van der Waals surface area contributed by atoms with E-state index < -0.39 is 44.0 Å². The summed E-state index contributed by atoms with van der Waals surface area (Å²) in [7, 11) is 1.30. The molecule has 1 fully saturated rings. The van der Waals surface area contributed by atoms with Crippen LogP contribution in [0.3, 0.4) is 0 Å². The first-order valence-corrected chi connectivity index (χ1v) is 10.9. The summed E-state index contributed by atoms with van der Waals surface area (Å²) in [5.41, 5.74) is 1.63. The minimum atomic E-state index is -3.39. The molecule has 1 N–H and O–H groups in total. The molecule has 13 heteroatoms. The Morgan fingerprint density at radius 1 is 1.37 bits per heavy atom. The van der Waals surface area contributed by atoms with E-state index in [0.717, 1.165) is 15.6 Å². The van der Waals surface area contributed by atoms with Crippen molar-refractivity contribution in [2.75, 3.05) is 39.2 Å². The molecule has 1 aliphatic rings. The van der Waals surface area contributed by atoms with Crippen LogP contribution in [0.15, 0.2) is 24.4 Å². The summed E-state index contributed by atoms with van der Waals surface area (Å²) < 4.78 is 88.3. The Morgan fingerprint density at radius 3 is 2.91 bits per heavy atom. The summed E-state index contributed by atoms with van der Waals surface area (Å²) in [6, 6.07) is 2.83. The largest absolute Gasteiger partial charge is 0.479 e. The smallest absolute Gasteiger partial charge is 0.280 e. The predicted molar refractivity (Wildman–Crippen MR) is 121 cm³/mol. The SMILES string of the molecule is [2H]C([2H])([2H])N1CC[C@@H](Nc2nc(OC)c3c(-c4ccc5nnn([C@@H](C)CF)c5c4)c(F)cn3n2)C(F)(F)C1. The van der Waals surface area contributed by atoms with Crippen LogP contribution in [0.2, 0.25) is 0 Å². The van der Waals surface area contributed by atoms with Gasteiger partial charge in [-0.3, -0.25) is 0 Å². The Bertz CT molecular complexity index is 1490. The molecule has 0 spiro atoms. The molecule has 9 nitrogen and oxygen atoms in total. The first-order chi connectivity index (χ1) is 17.9. The standard InChI is InChI=1S/C22H24F4N8O/c1-12(9-23)34-16-8-13(4-5-15(16)29-31-34)18-14(24)10-33-19(18)20(35-3)28-21(30-33)27-17-6-7-32(2)11-22(17,25)26/h4-5,8,10,12,17H,6-7,9,11H2,1-3H3,(H,27,30)/t12-,17+/m0/s1/i2D3. The number of halogens is 4. The fraction of sp³-hybridized carbons (Fsp3) is 0.455. The van der Waals surface area contributed by atoms with Crippen LogP contribution in [0.25, 0.3) is 27.7 Å². The third kappa shape index (κ3) is 4.03. The summed E-state index contributed by atoms with van der Waals surface area (Å²) in [4.78, 5) is 4.93. The van der Waals surface area contributed by atoms with Gasteiger partial charge in [-0.25, -0.2) is 26.8 Å². The van der Waals surface area contributed by atoms with E-state index >= 15 is 4.39 Å². The van der Waals surface area contributed by atoms with Crippen molar-refractivity contribution in [2.24, 2.45) is 0 Å². The quantitative estimate of drug-likeness (QED) is 0.410. The van der Waals surface area contributed by atoms with Gasteiger partial charge in [-0.2, -0.15) is 4.98 Å². The maximum atomic E-state index is 15.3. The Balaban J connectivity index is 1.52. The fourth-order valence-electron chi connectivity index (χ4n) is 4.26. The Labute approximate surface area is 201 Å². The molecule has 1 aromatic carbocycles. The number of hydrogen-bond donors (Lipinski definition) is 1. The maximum absolute atomic E-state index is 15.3. The lowest BCUT2D eigenvalue weighted by atomic mass is 10.0. The molecule has 5 rings (SSSR count). The third-order valence-electron chi connectivity index (χ3n) is 6.05. The highest BCUT2D eigenvalue weighted by Crippen LogP contribution is 2.36. The number of alkyl halides is 3. The first kappa shape index (κ1) is 19.8. The molecule has 0 saturated carbocycles. The van der Waals surface area contributed by atoms with E-state index in [2.05, 4.69) is 25.7 Å². The van der Waals surface area contributed by atoms with Crippen LogP contribution in [0.4, 0.5) is 23.5 Å². The van der Waals surface area contributed by atoms with Crippen molar-refractivity contribution in [3.8, 4) is 17.0 Å². The minimum absolute atomic E-state index is 0.0755. The van der Waals surface area contributed by atoms with E-state index in [4.69, 9.17) is 8.85 Å². The molecule has 0 amide bonds. The Hall–Kier alpha value is -3.48. The van der Waals surface area contributed by atoms with E-state index in [1.807, 2.05) is 0 Å². The minimum Gasteiger partial charge on any atom is -0.479 e. The highest BCUT2D eigenvalue weighted by Gasteiger charge is 2.44. The summed E-state index contributed by atoms with van der Waals surface area (Å²) >= 11 is 0. The van der Waals surface area contributed by atoms with Crippen LogP contribution < -0.4 is 10.1 Å². The molecular weight excluding hydrogens is 468 g/mol. The number of rotatable bonds is 6. The molecule has 0 radical (unpaired) electrons. The van der Waals surface area contributed by atoms with Crippen molar-refractivity contribution in [1.82, 2.24) is 34.5 Å². The van der Waals surface area contributed by atoms with Crippen LogP contribution in [0.5, 0.6) is 5.88 Å². The number of nitrogens with zero attached hydrogens (tertiary/aromatic N) is 7. The van der Waals surface area contributed by atoms with Crippen molar-refractivity contribution >= 4 is 22.5 Å². The van der Waals surface area contributed by atoms with Gasteiger partial charge in [0.2, 0.25) is 11.8 Å². The van der Waals surface area contributed by atoms with Crippen molar-refractivity contribution < 1.29 is 26.4 Å². The molecule has 186 valence electrons. The number of anilines is 1. The number of fused-ring (bicyclic) bond motifs is 2. The Kier molecular flexibility index (Phi) is 4.88. The molecule has 2 atom stereocenters. The number of likely N-dealkylation sites (tertiary alicyclic amines) is 1. The van der Waals surface area contributed by atoms with E-state index in [1.165, 1.54) is 11.8 Å². The van der Waals surface area contributed by atoms with Gasteiger partial charge in [0.1, 0.15) is 17.7 Å². The predicted octanol–water partition coefficient (Wildman–Crippen LogP) is 3.57. The van der Waals surface area contributed by atoms with Crippen LogP contribution >= 0.6 is 0 Å². The number of ether oxygens (including phenoxy) is 1. The molecule has 4 aromatic rings. The van der Waals surface area contributed by atoms with Crippen molar-refractivity contribution in [3.63, 3.8) is 0 Å². The van der Waals surface area contributed by atoms with Gasteiger partial charge in [-0.05, 0) is 38.0 Å². The normalized spacial score (nSPS) is 21.0. The summed E-state index contributed by atoms with van der Waals surface area (Å²) in [6.07, 6.45) is 0.888. The molecule has 0 unspecified atom stereocenters. The van der Waals surface area contributed by atoms with Gasteiger partial charge in [0.15, 0.2) is 5.82 Å². The zero-order valence-electron chi connectivity index (χ0n) is 21.8. The van der Waals surface area contributed by atoms with E-state index in [0.29, 0.717) is 16.6 Å². The maximum Gasteiger partial charge on any atom is 0.280 e. The molecule has 3 aromatic heterocycles. The lowest BCUT2D eigenvalue weighted by Gasteiger charge is -2.36. The van der Waals surface area contributed by atoms with Gasteiger partial charge in [-0.1, -0.05) is 11.3 Å². The zero-order chi connectivity index (χ0) is 27.4. The van der Waals surface area contributed by atoms with Crippen molar-refractivity contribution in [2.45, 2.75) is 31.4 Å². The number of nitrogens with one attached hydrogen (secondary N) is 1. The van der Waals surface area contributed by atoms with Crippen LogP contribution in [0.1, 0.15) is 23.5 Å². The molecule has 4 heterocycles. The first-order valence-electron chi connectivity index (χ1n) is 12.4. The molecule has 0 aliphatic carbocycles. The monoisotopic (exact) mass is 495 g/mol. The highest BCUT2D eigenvalue weighted by atomic mass is 19.3. The van der Waals surface area contributed by atoms with E-state index in [9.17, 15) is 13.2 Å². The lowest BCUT2D eigenvalue weighted by molar-refractivity contribution is -0.0675. The zero-order valence-corrected chi connectivity index (χ0v) is 18.8. The molecule has 0 bridgehead atoms. The number of hydrogen-bond acceptors (Lipinski definition) is 7. The average molecular weight is 495 g/mol. The number of benzene rings is 1. The van der Waals surface area contributed by atoms with Crippen molar-refractivity contribution in [1.29, 1.82) is 0 Å². The summed E-state index contributed by atoms with van der Waals surface area (Å²) in [5.74, 6) is -4.39. The van der Waals surface area contributed by atoms with E-state index in [-0.39, 0.29) is 35.9 Å². The number of aromatic nitrogens is 6. The van der Waals surface area contributed by atoms with Gasteiger partial charge >= 0.3 is 0 Å². The number of methoxy groups -OCH3 is 1. The number of piperidine rings is 1. The van der Waals surface area contributed by atoms with Gasteiger partial charge in [-0.15, -0.1) is 10.2 Å². The van der Waals surface area contributed by atoms with Crippen LogP contribution in [-0.4, -0.2) is 80.3 Å². The van der Waals surface area contributed by atoms with Gasteiger partial charge < -0.3 is 15.0 Å². The Morgan fingerprint density at radius 2 is 2.20 bits per heavy atom. The second kappa shape index (κ2) is 8.63. The highest BCUT2D eigenvalue weighted by molar-refractivity contribution is 5.89. The third-order valence-corrected chi connectivity index (χ3v) is 6.05. The lowest BCUT2D eigenvalue weighted by Crippen LogP contribution is -2.53. The second-order valence-electron chi connectivity index (χ2n) is 8.50. The molecular formula is C22H24F4N8O. The van der Waals surface area contributed by atoms with Crippen LogP contribution in [-0.2, 0) is 0 Å². The molecule has 1 saturated heterocycles. The molecule has 35 heavy (non-hydrogen) atoms. The van der Waals surface area contributed by atoms with Crippen molar-refractivity contribution in [3.05, 3.63) is 30.2 Å². The van der Waals surface area contributed by atoms with Gasteiger partial charge in [0.25, 0.3) is 5.92 Å². The summed E-state index contributed by atoms with van der Waals surface area (Å²) in [6.45, 7) is -2.71. The fourth-order valence-corrected chi connectivity index (χ4v) is 4.26. The second-order valence-corrected chi connectivity index (χ2v) is 8.50. The summed E-state index contributed by atoms with van der Waals surface area (Å²) in [5, 5.41) is 14.7. The molecule has 1 aliphatic heterocycles. The average Bonchev–Trinajstić information content (AvgIpc) is 3.43. The van der Waals surface area contributed by atoms with Gasteiger partial charge in [0, 0.05) is 10.7 Å². The van der Waals surface area contributed by atoms with E-state index in [1.54, 1.807) is 25.1 Å². The van der Waals surface area contributed by atoms with Gasteiger partial charge in [0.05, 0.1) is 43.0 Å². The topological polar surface area (TPSA) is 85.4 Å².